The molecule has 0 radical (unpaired) electrons. The van der Waals surface area contributed by atoms with Crippen LogP contribution in [0.3, 0.4) is 0 Å². The third kappa shape index (κ3) is 1.72. The van der Waals surface area contributed by atoms with Crippen molar-refractivity contribution in [3.63, 3.8) is 0 Å². The number of nitrogens with one attached hydrogen (secondary N) is 1. The first-order valence-corrected chi connectivity index (χ1v) is 7.51. The van der Waals surface area contributed by atoms with Gasteiger partial charge in [0.05, 0.1) is 11.6 Å². The number of aryl methyl sites for hydroxylation is 1. The fourth-order valence-electron chi connectivity index (χ4n) is 4.79. The van der Waals surface area contributed by atoms with Crippen molar-refractivity contribution in [2.45, 2.75) is 38.8 Å². The summed E-state index contributed by atoms with van der Waals surface area (Å²) in [5, 5.41) is 12.7. The zero-order valence-corrected chi connectivity index (χ0v) is 11.4. The second kappa shape index (κ2) is 4.08. The molecule has 19 heavy (non-hydrogen) atoms. The van der Waals surface area contributed by atoms with Gasteiger partial charge in [-0.25, -0.2) is 0 Å². The quantitative estimate of drug-likeness (QED) is 0.897. The molecule has 0 aromatic heterocycles. The van der Waals surface area contributed by atoms with Gasteiger partial charge in [0.15, 0.2) is 0 Å². The van der Waals surface area contributed by atoms with E-state index in [4.69, 9.17) is 5.26 Å². The second-order valence-corrected chi connectivity index (χ2v) is 6.65. The maximum atomic E-state index is 8.89. The molecule has 1 N–H and O–H groups in total. The van der Waals surface area contributed by atoms with Crippen molar-refractivity contribution < 1.29 is 0 Å². The summed E-state index contributed by atoms with van der Waals surface area (Å²) in [5.41, 5.74) is 3.35. The van der Waals surface area contributed by atoms with Gasteiger partial charge >= 0.3 is 0 Å². The average molecular weight is 252 g/mol. The summed E-state index contributed by atoms with van der Waals surface area (Å²) in [6, 6.07) is 9.03. The number of hydrogen-bond acceptors (Lipinski definition) is 2. The fraction of sp³-hybridized carbons (Fsp3) is 0.588. The number of rotatable bonds is 3. The van der Waals surface area contributed by atoms with Crippen molar-refractivity contribution in [2.24, 2.45) is 23.7 Å². The summed E-state index contributed by atoms with van der Waals surface area (Å²) in [6.07, 6.45) is 4.49. The van der Waals surface area contributed by atoms with Gasteiger partial charge < -0.3 is 5.32 Å². The van der Waals surface area contributed by atoms with Crippen LogP contribution in [0.2, 0.25) is 0 Å². The number of nitrogens with zero attached hydrogens (tertiary/aromatic N) is 1. The van der Waals surface area contributed by atoms with E-state index in [-0.39, 0.29) is 0 Å². The van der Waals surface area contributed by atoms with Crippen LogP contribution in [0.1, 0.15) is 36.0 Å². The SMILES string of the molecule is Cc1cc(C#N)ccc1CNC1C2C3CCC(C3)C12. The first kappa shape index (κ1) is 11.5. The summed E-state index contributed by atoms with van der Waals surface area (Å²) in [4.78, 5) is 0. The van der Waals surface area contributed by atoms with Crippen molar-refractivity contribution in [2.75, 3.05) is 0 Å². The number of benzene rings is 1. The van der Waals surface area contributed by atoms with Gasteiger partial charge in [-0.15, -0.1) is 0 Å². The molecule has 0 heterocycles. The smallest absolute Gasteiger partial charge is 0.0991 e. The van der Waals surface area contributed by atoms with Gasteiger partial charge in [-0.1, -0.05) is 6.07 Å². The maximum absolute atomic E-state index is 8.89. The van der Waals surface area contributed by atoms with Crippen LogP contribution in [0.4, 0.5) is 0 Å². The van der Waals surface area contributed by atoms with Crippen LogP contribution in [0.5, 0.6) is 0 Å². The largest absolute Gasteiger partial charge is 0.309 e. The molecule has 2 nitrogen and oxygen atoms in total. The molecular weight excluding hydrogens is 232 g/mol. The van der Waals surface area contributed by atoms with Crippen LogP contribution >= 0.6 is 0 Å². The molecule has 4 unspecified atom stereocenters. The van der Waals surface area contributed by atoms with Crippen LogP contribution in [0.15, 0.2) is 18.2 Å². The van der Waals surface area contributed by atoms with Gasteiger partial charge in [0.2, 0.25) is 0 Å². The lowest BCUT2D eigenvalue weighted by Crippen LogP contribution is -2.22. The minimum absolute atomic E-state index is 0.766. The van der Waals surface area contributed by atoms with Crippen LogP contribution in [0, 0.1) is 41.9 Å². The Labute approximate surface area is 114 Å². The topological polar surface area (TPSA) is 35.8 Å². The van der Waals surface area contributed by atoms with Gasteiger partial charge in [-0.3, -0.25) is 0 Å². The average Bonchev–Trinajstić information content (AvgIpc) is 2.81. The van der Waals surface area contributed by atoms with E-state index in [2.05, 4.69) is 24.4 Å². The molecule has 0 amide bonds. The number of nitriles is 1. The summed E-state index contributed by atoms with van der Waals surface area (Å²) in [5.74, 6) is 4.07. The molecule has 98 valence electrons. The lowest BCUT2D eigenvalue weighted by molar-refractivity contribution is 0.456. The van der Waals surface area contributed by atoms with Crippen molar-refractivity contribution in [3.8, 4) is 6.07 Å². The molecular formula is C17H20N2. The maximum Gasteiger partial charge on any atom is 0.0991 e. The molecule has 4 atom stereocenters. The Hall–Kier alpha value is -1.33. The molecule has 3 aliphatic carbocycles. The molecule has 4 rings (SSSR count). The molecule has 3 fully saturated rings. The third-order valence-electron chi connectivity index (χ3n) is 5.74. The van der Waals surface area contributed by atoms with Crippen molar-refractivity contribution in [3.05, 3.63) is 34.9 Å². The first-order valence-electron chi connectivity index (χ1n) is 7.51. The van der Waals surface area contributed by atoms with Crippen molar-refractivity contribution in [1.82, 2.24) is 5.32 Å². The highest BCUT2D eigenvalue weighted by Gasteiger charge is 2.64. The van der Waals surface area contributed by atoms with Crippen molar-refractivity contribution >= 4 is 0 Å². The molecule has 0 spiro atoms. The molecule has 3 aliphatic rings. The second-order valence-electron chi connectivity index (χ2n) is 6.65. The highest BCUT2D eigenvalue weighted by atomic mass is 15.0. The Balaban J connectivity index is 1.40. The Morgan fingerprint density at radius 2 is 2.00 bits per heavy atom. The first-order chi connectivity index (χ1) is 9.28. The van der Waals surface area contributed by atoms with Crippen molar-refractivity contribution in [1.29, 1.82) is 5.26 Å². The summed E-state index contributed by atoms with van der Waals surface area (Å²) < 4.78 is 0. The minimum atomic E-state index is 0.766. The van der Waals surface area contributed by atoms with Crippen LogP contribution < -0.4 is 5.32 Å². The molecule has 0 aliphatic heterocycles. The van der Waals surface area contributed by atoms with Crippen LogP contribution in [-0.4, -0.2) is 6.04 Å². The van der Waals surface area contributed by atoms with E-state index in [1.807, 2.05) is 12.1 Å². The van der Waals surface area contributed by atoms with E-state index in [1.165, 1.54) is 30.4 Å². The minimum Gasteiger partial charge on any atom is -0.309 e. The predicted octanol–water partition coefficient (Wildman–Crippen LogP) is 3.00. The molecule has 0 saturated heterocycles. The zero-order valence-electron chi connectivity index (χ0n) is 11.4. The standard InChI is InChI=1S/C17H20N2/c1-10-6-11(8-18)2-3-14(10)9-19-17-15-12-4-5-13(7-12)16(15)17/h2-3,6,12-13,15-17,19H,4-5,7,9H2,1H3. The van der Waals surface area contributed by atoms with E-state index in [1.54, 1.807) is 0 Å². The normalized spacial score (nSPS) is 38.0. The lowest BCUT2D eigenvalue weighted by Gasteiger charge is -2.12. The summed E-state index contributed by atoms with van der Waals surface area (Å²) >= 11 is 0. The summed E-state index contributed by atoms with van der Waals surface area (Å²) in [6.45, 7) is 3.07. The number of fused-ring (bicyclic) bond motifs is 5. The lowest BCUT2D eigenvalue weighted by atomic mass is 10.0. The van der Waals surface area contributed by atoms with Gasteiger partial charge in [0.25, 0.3) is 0 Å². The third-order valence-corrected chi connectivity index (χ3v) is 5.74. The van der Waals surface area contributed by atoms with E-state index in [0.717, 1.165) is 41.8 Å². The highest BCUT2D eigenvalue weighted by Crippen LogP contribution is 2.65. The van der Waals surface area contributed by atoms with Crippen LogP contribution in [-0.2, 0) is 6.54 Å². The Morgan fingerprint density at radius 3 is 2.63 bits per heavy atom. The molecule has 2 heteroatoms. The van der Waals surface area contributed by atoms with E-state index < -0.39 is 0 Å². The summed E-state index contributed by atoms with van der Waals surface area (Å²) in [7, 11) is 0. The van der Waals surface area contributed by atoms with Crippen LogP contribution in [0.25, 0.3) is 0 Å². The van der Waals surface area contributed by atoms with Gasteiger partial charge in [0, 0.05) is 12.6 Å². The fourth-order valence-corrected chi connectivity index (χ4v) is 4.79. The molecule has 3 saturated carbocycles. The Kier molecular flexibility index (Phi) is 2.47. The predicted molar refractivity (Wildman–Crippen MR) is 74.3 cm³/mol. The van der Waals surface area contributed by atoms with Gasteiger partial charge in [0.1, 0.15) is 0 Å². The van der Waals surface area contributed by atoms with E-state index in [9.17, 15) is 0 Å². The van der Waals surface area contributed by atoms with Gasteiger partial charge in [-0.2, -0.15) is 5.26 Å². The molecule has 1 aromatic rings. The van der Waals surface area contributed by atoms with Gasteiger partial charge in [-0.05, 0) is 73.1 Å². The van der Waals surface area contributed by atoms with E-state index in [0.29, 0.717) is 0 Å². The Bertz CT molecular complexity index is 541. The highest BCUT2D eigenvalue weighted by molar-refractivity contribution is 5.37. The monoisotopic (exact) mass is 252 g/mol. The number of hydrogen-bond donors (Lipinski definition) is 1. The molecule has 2 bridgehead atoms. The zero-order chi connectivity index (χ0) is 13.0. The molecule has 1 aromatic carbocycles. The van der Waals surface area contributed by atoms with E-state index >= 15 is 0 Å². The Morgan fingerprint density at radius 1 is 1.26 bits per heavy atom.